The fraction of sp³-hybridized carbons (Fsp3) is 0.333. The van der Waals surface area contributed by atoms with Crippen molar-refractivity contribution in [1.29, 1.82) is 5.26 Å². The van der Waals surface area contributed by atoms with Crippen molar-refractivity contribution in [3.8, 4) is 23.4 Å². The van der Waals surface area contributed by atoms with E-state index in [-0.39, 0.29) is 5.91 Å². The third-order valence-electron chi connectivity index (χ3n) is 4.87. The summed E-state index contributed by atoms with van der Waals surface area (Å²) in [5, 5.41) is 11.9. The molecule has 8 nitrogen and oxygen atoms in total. The zero-order chi connectivity index (χ0) is 20.4. The standard InChI is InChI=1S/C21H20N4O4/c1-2-17-20(26)25(21(27)24-17)15-6-8-19(23-11-15)29-16-7-5-14(10-22)18(9-16)28-12-13-3-4-13/h5-9,11,13,17H,2-4,12H2,1H3,(H,24,27)/t17-/m1/s1. The number of amides is 3. The van der Waals surface area contributed by atoms with E-state index < -0.39 is 12.1 Å². The van der Waals surface area contributed by atoms with E-state index in [0.29, 0.717) is 47.6 Å². The van der Waals surface area contributed by atoms with E-state index in [1.54, 1.807) is 30.3 Å². The van der Waals surface area contributed by atoms with Crippen molar-refractivity contribution < 1.29 is 19.1 Å². The number of imide groups is 1. The molecule has 0 spiro atoms. The SMILES string of the molecule is CC[C@H]1NC(=O)N(c2ccc(Oc3ccc(C#N)c(OCC4CC4)c3)nc2)C1=O. The maximum Gasteiger partial charge on any atom is 0.329 e. The maximum absolute atomic E-state index is 12.3. The van der Waals surface area contributed by atoms with Gasteiger partial charge in [-0.1, -0.05) is 6.92 Å². The molecule has 2 fully saturated rings. The number of nitriles is 1. The maximum atomic E-state index is 12.3. The molecule has 1 aromatic heterocycles. The van der Waals surface area contributed by atoms with E-state index in [1.165, 1.54) is 6.20 Å². The largest absolute Gasteiger partial charge is 0.492 e. The third kappa shape index (κ3) is 3.99. The average molecular weight is 392 g/mol. The Morgan fingerprint density at radius 1 is 1.28 bits per heavy atom. The van der Waals surface area contributed by atoms with Crippen LogP contribution >= 0.6 is 0 Å². The first-order valence-electron chi connectivity index (χ1n) is 9.54. The summed E-state index contributed by atoms with van der Waals surface area (Å²) in [4.78, 5) is 29.6. The molecule has 3 amide bonds. The number of anilines is 1. The van der Waals surface area contributed by atoms with Crippen LogP contribution in [0.2, 0.25) is 0 Å². The minimum Gasteiger partial charge on any atom is -0.492 e. The highest BCUT2D eigenvalue weighted by atomic mass is 16.5. The van der Waals surface area contributed by atoms with Gasteiger partial charge in [-0.25, -0.2) is 14.7 Å². The van der Waals surface area contributed by atoms with Crippen LogP contribution in [0.1, 0.15) is 31.7 Å². The molecule has 2 aromatic rings. The van der Waals surface area contributed by atoms with E-state index in [0.717, 1.165) is 17.7 Å². The van der Waals surface area contributed by atoms with Crippen molar-refractivity contribution in [2.75, 3.05) is 11.5 Å². The Morgan fingerprint density at radius 2 is 2.10 bits per heavy atom. The van der Waals surface area contributed by atoms with Gasteiger partial charge in [-0.2, -0.15) is 5.26 Å². The van der Waals surface area contributed by atoms with Gasteiger partial charge in [0.05, 0.1) is 24.1 Å². The van der Waals surface area contributed by atoms with Crippen LogP contribution < -0.4 is 19.7 Å². The summed E-state index contributed by atoms with van der Waals surface area (Å²) >= 11 is 0. The monoisotopic (exact) mass is 392 g/mol. The number of benzene rings is 1. The summed E-state index contributed by atoms with van der Waals surface area (Å²) in [6.45, 7) is 2.43. The highest BCUT2D eigenvalue weighted by molar-refractivity contribution is 6.21. The molecule has 1 aliphatic heterocycles. The lowest BCUT2D eigenvalue weighted by molar-refractivity contribution is -0.118. The zero-order valence-electron chi connectivity index (χ0n) is 15.9. The zero-order valence-corrected chi connectivity index (χ0v) is 15.9. The fourth-order valence-electron chi connectivity index (χ4n) is 3.01. The lowest BCUT2D eigenvalue weighted by atomic mass is 10.2. The first kappa shape index (κ1) is 18.7. The number of ether oxygens (including phenoxy) is 2. The van der Waals surface area contributed by atoms with Gasteiger partial charge in [-0.15, -0.1) is 0 Å². The highest BCUT2D eigenvalue weighted by Gasteiger charge is 2.38. The molecule has 1 aromatic carbocycles. The van der Waals surface area contributed by atoms with Gasteiger partial charge in [0.15, 0.2) is 0 Å². The van der Waals surface area contributed by atoms with Crippen LogP contribution in [0.5, 0.6) is 17.4 Å². The second-order valence-electron chi connectivity index (χ2n) is 7.06. The molecule has 1 aliphatic carbocycles. The van der Waals surface area contributed by atoms with E-state index in [9.17, 15) is 14.9 Å². The van der Waals surface area contributed by atoms with Crippen LogP contribution in [0.4, 0.5) is 10.5 Å². The van der Waals surface area contributed by atoms with Gasteiger partial charge in [0.25, 0.3) is 5.91 Å². The number of urea groups is 1. The van der Waals surface area contributed by atoms with Gasteiger partial charge in [-0.05, 0) is 43.4 Å². The van der Waals surface area contributed by atoms with Crippen LogP contribution in [0.25, 0.3) is 0 Å². The molecule has 0 bridgehead atoms. The number of nitrogens with one attached hydrogen (secondary N) is 1. The molecule has 1 saturated carbocycles. The molecule has 4 rings (SSSR count). The average Bonchev–Trinajstić information content (AvgIpc) is 3.51. The quantitative estimate of drug-likeness (QED) is 0.725. The Labute approximate surface area is 168 Å². The normalized spacial score (nSPS) is 18.3. The predicted molar refractivity (Wildman–Crippen MR) is 104 cm³/mol. The summed E-state index contributed by atoms with van der Waals surface area (Å²) < 4.78 is 11.5. The summed E-state index contributed by atoms with van der Waals surface area (Å²) in [6.07, 6.45) is 4.26. The number of pyridine rings is 1. The van der Waals surface area contributed by atoms with Gasteiger partial charge < -0.3 is 14.8 Å². The van der Waals surface area contributed by atoms with Crippen LogP contribution in [0.3, 0.4) is 0 Å². The smallest absolute Gasteiger partial charge is 0.329 e. The number of carbonyl (C=O) groups excluding carboxylic acids is 2. The molecule has 148 valence electrons. The number of carbonyl (C=O) groups is 2. The second-order valence-corrected chi connectivity index (χ2v) is 7.06. The van der Waals surface area contributed by atoms with E-state index >= 15 is 0 Å². The minimum atomic E-state index is -0.508. The van der Waals surface area contributed by atoms with Crippen molar-refractivity contribution in [1.82, 2.24) is 10.3 Å². The topological polar surface area (TPSA) is 105 Å². The molecular formula is C21H20N4O4. The van der Waals surface area contributed by atoms with Gasteiger partial charge in [0.2, 0.25) is 5.88 Å². The van der Waals surface area contributed by atoms with Crippen molar-refractivity contribution >= 4 is 17.6 Å². The lowest BCUT2D eigenvalue weighted by Crippen LogP contribution is -2.31. The molecule has 0 unspecified atom stereocenters. The van der Waals surface area contributed by atoms with Crippen LogP contribution in [-0.4, -0.2) is 29.6 Å². The molecule has 2 aliphatic rings. The van der Waals surface area contributed by atoms with Crippen LogP contribution in [0, 0.1) is 17.2 Å². The second kappa shape index (κ2) is 7.80. The summed E-state index contributed by atoms with van der Waals surface area (Å²) in [6, 6.07) is 9.31. The number of hydrogen-bond donors (Lipinski definition) is 1. The Morgan fingerprint density at radius 3 is 2.72 bits per heavy atom. The Hall–Kier alpha value is -3.60. The van der Waals surface area contributed by atoms with Gasteiger partial charge in [0.1, 0.15) is 23.6 Å². The van der Waals surface area contributed by atoms with Crippen molar-refractivity contribution in [2.24, 2.45) is 5.92 Å². The van der Waals surface area contributed by atoms with Crippen LogP contribution in [0.15, 0.2) is 36.5 Å². The van der Waals surface area contributed by atoms with Gasteiger partial charge >= 0.3 is 6.03 Å². The molecule has 1 N–H and O–H groups in total. The number of nitrogens with zero attached hydrogens (tertiary/aromatic N) is 3. The van der Waals surface area contributed by atoms with Gasteiger partial charge in [0, 0.05) is 12.1 Å². The first-order valence-corrected chi connectivity index (χ1v) is 9.54. The molecule has 1 atom stereocenters. The van der Waals surface area contributed by atoms with E-state index in [4.69, 9.17) is 9.47 Å². The first-order chi connectivity index (χ1) is 14.1. The number of rotatable bonds is 7. The van der Waals surface area contributed by atoms with Crippen molar-refractivity contribution in [3.05, 3.63) is 42.1 Å². The molecule has 0 radical (unpaired) electrons. The van der Waals surface area contributed by atoms with E-state index in [1.807, 2.05) is 6.92 Å². The summed E-state index contributed by atoms with van der Waals surface area (Å²) in [7, 11) is 0. The lowest BCUT2D eigenvalue weighted by Gasteiger charge is -2.13. The Bertz CT molecular complexity index is 979. The number of aromatic nitrogens is 1. The Kier molecular flexibility index (Phi) is 5.04. The minimum absolute atomic E-state index is 0.294. The van der Waals surface area contributed by atoms with Crippen molar-refractivity contribution in [3.63, 3.8) is 0 Å². The molecule has 29 heavy (non-hydrogen) atoms. The molecule has 8 heteroatoms. The highest BCUT2D eigenvalue weighted by Crippen LogP contribution is 2.32. The summed E-state index contributed by atoms with van der Waals surface area (Å²) in [5.41, 5.74) is 0.828. The Balaban J connectivity index is 1.47. The van der Waals surface area contributed by atoms with Crippen molar-refractivity contribution in [2.45, 2.75) is 32.2 Å². The molecule has 1 saturated heterocycles. The van der Waals surface area contributed by atoms with Crippen LogP contribution in [-0.2, 0) is 4.79 Å². The summed E-state index contributed by atoms with van der Waals surface area (Å²) in [5.74, 6) is 1.54. The van der Waals surface area contributed by atoms with E-state index in [2.05, 4.69) is 16.4 Å². The number of hydrogen-bond acceptors (Lipinski definition) is 6. The fourth-order valence-corrected chi connectivity index (χ4v) is 3.01. The molecule has 2 heterocycles. The third-order valence-corrected chi connectivity index (χ3v) is 4.87. The van der Waals surface area contributed by atoms with Gasteiger partial charge in [-0.3, -0.25) is 4.79 Å². The predicted octanol–water partition coefficient (Wildman–Crippen LogP) is 3.37. The molecular weight excluding hydrogens is 372 g/mol.